The molecule has 1 N–H and O–H groups in total. The minimum absolute atomic E-state index is 0.0393. The lowest BCUT2D eigenvalue weighted by molar-refractivity contribution is -0.102. The molecule has 0 radical (unpaired) electrons. The molecule has 1 saturated heterocycles. The Hall–Kier alpha value is -0.770. The van der Waals surface area contributed by atoms with Crippen LogP contribution in [0.15, 0.2) is 18.2 Å². The molecule has 4 heteroatoms. The zero-order valence-electron chi connectivity index (χ0n) is 10.1. The summed E-state index contributed by atoms with van der Waals surface area (Å²) in [6.07, 6.45) is 1.16. The van der Waals surface area contributed by atoms with Crippen LogP contribution in [0.25, 0.3) is 0 Å². The highest BCUT2D eigenvalue weighted by atomic mass is 35.5. The lowest BCUT2D eigenvalue weighted by Crippen LogP contribution is -2.37. The van der Waals surface area contributed by atoms with E-state index in [1.54, 1.807) is 25.3 Å². The summed E-state index contributed by atoms with van der Waals surface area (Å²) in [5, 5.41) is 11.3. The van der Waals surface area contributed by atoms with Gasteiger partial charge in [-0.05, 0) is 25.1 Å². The second kappa shape index (κ2) is 4.84. The van der Waals surface area contributed by atoms with E-state index in [1.165, 1.54) is 0 Å². The van der Waals surface area contributed by atoms with E-state index in [0.717, 1.165) is 5.56 Å². The van der Waals surface area contributed by atoms with Gasteiger partial charge in [-0.2, -0.15) is 0 Å². The summed E-state index contributed by atoms with van der Waals surface area (Å²) < 4.78 is 10.8. The molecule has 1 aliphatic rings. The molecule has 0 bridgehead atoms. The van der Waals surface area contributed by atoms with Gasteiger partial charge in [-0.3, -0.25) is 0 Å². The van der Waals surface area contributed by atoms with E-state index in [0.29, 0.717) is 30.2 Å². The highest BCUT2D eigenvalue weighted by Gasteiger charge is 2.37. The van der Waals surface area contributed by atoms with Crippen LogP contribution in [0.5, 0.6) is 5.75 Å². The molecule has 0 saturated carbocycles. The fraction of sp³-hybridized carbons (Fsp3) is 0.538. The van der Waals surface area contributed by atoms with Gasteiger partial charge < -0.3 is 14.6 Å². The van der Waals surface area contributed by atoms with Gasteiger partial charge in [0.1, 0.15) is 5.75 Å². The van der Waals surface area contributed by atoms with Crippen LogP contribution in [-0.4, -0.2) is 24.9 Å². The Morgan fingerprint density at radius 2 is 2.29 bits per heavy atom. The zero-order chi connectivity index (χ0) is 12.5. The molecular formula is C13H17ClO3. The monoisotopic (exact) mass is 256 g/mol. The number of hydrogen-bond acceptors (Lipinski definition) is 3. The maximum absolute atomic E-state index is 10.7. The van der Waals surface area contributed by atoms with E-state index >= 15 is 0 Å². The van der Waals surface area contributed by atoms with Crippen molar-refractivity contribution in [3.8, 4) is 5.75 Å². The van der Waals surface area contributed by atoms with E-state index in [2.05, 4.69) is 0 Å². The molecule has 2 rings (SSSR count). The third kappa shape index (κ3) is 2.57. The van der Waals surface area contributed by atoms with Crippen molar-refractivity contribution in [2.75, 3.05) is 13.7 Å². The molecule has 1 fully saturated rings. The van der Waals surface area contributed by atoms with Crippen LogP contribution in [0, 0.1) is 0 Å². The predicted molar refractivity (Wildman–Crippen MR) is 66.5 cm³/mol. The highest BCUT2D eigenvalue weighted by Crippen LogP contribution is 2.40. The Morgan fingerprint density at radius 3 is 2.94 bits per heavy atom. The molecule has 1 heterocycles. The number of hydrogen-bond donors (Lipinski definition) is 1. The summed E-state index contributed by atoms with van der Waals surface area (Å²) in [7, 11) is 1.60. The predicted octanol–water partition coefficient (Wildman–Crippen LogP) is 2.74. The minimum Gasteiger partial charge on any atom is -0.496 e. The van der Waals surface area contributed by atoms with Crippen LogP contribution in [-0.2, 0) is 10.3 Å². The molecule has 0 aromatic heterocycles. The van der Waals surface area contributed by atoms with Gasteiger partial charge in [-0.1, -0.05) is 11.6 Å². The van der Waals surface area contributed by atoms with Crippen LogP contribution in [0.2, 0.25) is 5.02 Å². The molecule has 0 spiro atoms. The lowest BCUT2D eigenvalue weighted by atomic mass is 9.83. The quantitative estimate of drug-likeness (QED) is 0.884. The van der Waals surface area contributed by atoms with Gasteiger partial charge in [-0.15, -0.1) is 0 Å². The highest BCUT2D eigenvalue weighted by molar-refractivity contribution is 6.30. The van der Waals surface area contributed by atoms with Gasteiger partial charge in [0, 0.05) is 23.4 Å². The number of rotatable bonds is 2. The van der Waals surface area contributed by atoms with E-state index in [-0.39, 0.29) is 6.10 Å². The lowest BCUT2D eigenvalue weighted by Gasteiger charge is -2.36. The fourth-order valence-corrected chi connectivity index (χ4v) is 2.53. The molecule has 2 unspecified atom stereocenters. The third-order valence-corrected chi connectivity index (χ3v) is 3.44. The molecule has 1 aromatic carbocycles. The van der Waals surface area contributed by atoms with Crippen LogP contribution in [0.1, 0.15) is 25.3 Å². The van der Waals surface area contributed by atoms with Crippen molar-refractivity contribution in [2.24, 2.45) is 0 Å². The van der Waals surface area contributed by atoms with Gasteiger partial charge in [-0.25, -0.2) is 0 Å². The summed E-state index contributed by atoms with van der Waals surface area (Å²) in [5.41, 5.74) is -0.156. The van der Waals surface area contributed by atoms with Gasteiger partial charge in [0.2, 0.25) is 0 Å². The Morgan fingerprint density at radius 1 is 1.53 bits per heavy atom. The maximum atomic E-state index is 10.7. The van der Waals surface area contributed by atoms with Crippen molar-refractivity contribution in [3.63, 3.8) is 0 Å². The molecule has 0 aliphatic carbocycles. The summed E-state index contributed by atoms with van der Waals surface area (Å²) in [5.74, 6) is 0.672. The van der Waals surface area contributed by atoms with Crippen molar-refractivity contribution >= 4 is 11.6 Å². The second-order valence-electron chi connectivity index (χ2n) is 4.51. The third-order valence-electron chi connectivity index (χ3n) is 3.21. The topological polar surface area (TPSA) is 38.7 Å². The van der Waals surface area contributed by atoms with Gasteiger partial charge in [0.25, 0.3) is 0 Å². The van der Waals surface area contributed by atoms with Crippen molar-refractivity contribution in [1.29, 1.82) is 0 Å². The number of methoxy groups -OCH3 is 1. The SMILES string of the molecule is COc1ccc(Cl)cc1C1(O)CCOC(C)C1. The fourth-order valence-electron chi connectivity index (χ4n) is 2.35. The molecule has 17 heavy (non-hydrogen) atoms. The molecular weight excluding hydrogens is 240 g/mol. The molecule has 94 valence electrons. The van der Waals surface area contributed by atoms with E-state index < -0.39 is 5.60 Å². The Bertz CT molecular complexity index is 408. The minimum atomic E-state index is -0.909. The summed E-state index contributed by atoms with van der Waals surface area (Å²) in [6.45, 7) is 2.51. The first kappa shape index (κ1) is 12.7. The van der Waals surface area contributed by atoms with Crippen molar-refractivity contribution in [3.05, 3.63) is 28.8 Å². The van der Waals surface area contributed by atoms with Crippen molar-refractivity contribution in [2.45, 2.75) is 31.5 Å². The van der Waals surface area contributed by atoms with E-state index in [9.17, 15) is 5.11 Å². The number of ether oxygens (including phenoxy) is 2. The standard InChI is InChI=1S/C13H17ClO3/c1-9-8-13(15,5-6-17-9)11-7-10(14)3-4-12(11)16-2/h3-4,7,9,15H,5-6,8H2,1-2H3. The number of halogens is 1. The first-order chi connectivity index (χ1) is 8.05. The van der Waals surface area contributed by atoms with Gasteiger partial charge >= 0.3 is 0 Å². The summed E-state index contributed by atoms with van der Waals surface area (Å²) >= 11 is 5.99. The average Bonchev–Trinajstić information content (AvgIpc) is 2.28. The Balaban J connectivity index is 2.40. The first-order valence-electron chi connectivity index (χ1n) is 5.73. The van der Waals surface area contributed by atoms with E-state index in [1.807, 2.05) is 6.92 Å². The summed E-state index contributed by atoms with van der Waals surface area (Å²) in [4.78, 5) is 0. The largest absolute Gasteiger partial charge is 0.496 e. The molecule has 3 nitrogen and oxygen atoms in total. The normalized spacial score (nSPS) is 29.1. The van der Waals surface area contributed by atoms with Gasteiger partial charge in [0.15, 0.2) is 0 Å². The van der Waals surface area contributed by atoms with Crippen molar-refractivity contribution in [1.82, 2.24) is 0 Å². The van der Waals surface area contributed by atoms with Gasteiger partial charge in [0.05, 0.1) is 25.4 Å². The zero-order valence-corrected chi connectivity index (χ0v) is 10.8. The first-order valence-corrected chi connectivity index (χ1v) is 6.11. The number of aliphatic hydroxyl groups is 1. The van der Waals surface area contributed by atoms with Crippen LogP contribution in [0.4, 0.5) is 0 Å². The Kier molecular flexibility index (Phi) is 3.61. The number of benzene rings is 1. The van der Waals surface area contributed by atoms with E-state index in [4.69, 9.17) is 21.1 Å². The summed E-state index contributed by atoms with van der Waals surface area (Å²) in [6, 6.07) is 5.32. The maximum Gasteiger partial charge on any atom is 0.125 e. The van der Waals surface area contributed by atoms with Crippen LogP contribution < -0.4 is 4.74 Å². The molecule has 2 atom stereocenters. The smallest absolute Gasteiger partial charge is 0.125 e. The average molecular weight is 257 g/mol. The van der Waals surface area contributed by atoms with Crippen LogP contribution in [0.3, 0.4) is 0 Å². The van der Waals surface area contributed by atoms with Crippen molar-refractivity contribution < 1.29 is 14.6 Å². The Labute approximate surface area is 106 Å². The molecule has 0 amide bonds. The molecule has 1 aliphatic heterocycles. The second-order valence-corrected chi connectivity index (χ2v) is 4.95. The van der Waals surface area contributed by atoms with Crippen LogP contribution >= 0.6 is 11.6 Å². The molecule has 1 aromatic rings.